The van der Waals surface area contributed by atoms with Crippen molar-refractivity contribution in [2.45, 2.75) is 10.6 Å². The van der Waals surface area contributed by atoms with Gasteiger partial charge in [-0.05, 0) is 36.4 Å². The number of rotatable bonds is 3. The molecule has 100 valence electrons. The van der Waals surface area contributed by atoms with Gasteiger partial charge in [-0.25, -0.2) is 8.78 Å². The Hall–Kier alpha value is -1.46. The number of nitrogens with two attached hydrogens (primary N) is 1. The van der Waals surface area contributed by atoms with Crippen LogP contribution in [0, 0.1) is 11.6 Å². The minimum Gasteiger partial charge on any atom is -0.398 e. The lowest BCUT2D eigenvalue weighted by Gasteiger charge is -2.07. The van der Waals surface area contributed by atoms with Crippen LogP contribution >= 0.6 is 11.6 Å². The van der Waals surface area contributed by atoms with Crippen LogP contribution in [0.1, 0.15) is 5.56 Å². The zero-order chi connectivity index (χ0) is 14.0. The minimum atomic E-state index is -1.64. The summed E-state index contributed by atoms with van der Waals surface area (Å²) in [5.74, 6) is -1.16. The topological polar surface area (TPSA) is 43.1 Å². The summed E-state index contributed by atoms with van der Waals surface area (Å²) in [6, 6.07) is 7.59. The van der Waals surface area contributed by atoms with E-state index in [2.05, 4.69) is 0 Å². The quantitative estimate of drug-likeness (QED) is 0.882. The fourth-order valence-electron chi connectivity index (χ4n) is 1.58. The first-order chi connectivity index (χ1) is 8.97. The van der Waals surface area contributed by atoms with Gasteiger partial charge in [0.05, 0.1) is 21.4 Å². The third-order valence-corrected chi connectivity index (χ3v) is 4.17. The van der Waals surface area contributed by atoms with Crippen molar-refractivity contribution in [2.24, 2.45) is 0 Å². The van der Waals surface area contributed by atoms with E-state index in [1.54, 1.807) is 0 Å². The largest absolute Gasteiger partial charge is 0.398 e. The standard InChI is InChI=1S/C13H10ClF2NOS/c14-9-1-3-11(16)8(5-9)7-19(18)13-6-10(15)2-4-12(13)17/h1-6H,7,17H2. The number of halogens is 3. The van der Waals surface area contributed by atoms with Crippen molar-refractivity contribution in [1.82, 2.24) is 0 Å². The highest BCUT2D eigenvalue weighted by molar-refractivity contribution is 7.84. The molecule has 2 aromatic carbocycles. The van der Waals surface area contributed by atoms with Crippen molar-refractivity contribution in [1.29, 1.82) is 0 Å². The molecular weight excluding hydrogens is 292 g/mol. The lowest BCUT2D eigenvalue weighted by atomic mass is 10.2. The molecule has 0 aliphatic heterocycles. The molecule has 0 saturated carbocycles. The van der Waals surface area contributed by atoms with Crippen LogP contribution in [0.15, 0.2) is 41.3 Å². The van der Waals surface area contributed by atoms with E-state index in [1.807, 2.05) is 0 Å². The molecule has 0 fully saturated rings. The lowest BCUT2D eigenvalue weighted by molar-refractivity contribution is 0.614. The van der Waals surface area contributed by atoms with Crippen LogP contribution < -0.4 is 5.73 Å². The Morgan fingerprint density at radius 2 is 1.89 bits per heavy atom. The molecule has 0 aliphatic rings. The Bertz CT molecular complexity index is 649. The van der Waals surface area contributed by atoms with Crippen LogP contribution in [-0.2, 0) is 16.6 Å². The molecule has 2 nitrogen and oxygen atoms in total. The lowest BCUT2D eigenvalue weighted by Crippen LogP contribution is -2.03. The Morgan fingerprint density at radius 3 is 2.63 bits per heavy atom. The Kier molecular flexibility index (Phi) is 4.17. The van der Waals surface area contributed by atoms with Crippen LogP contribution in [0.4, 0.5) is 14.5 Å². The average molecular weight is 302 g/mol. The molecule has 2 N–H and O–H groups in total. The second-order valence-electron chi connectivity index (χ2n) is 3.91. The van der Waals surface area contributed by atoms with Crippen LogP contribution in [0.5, 0.6) is 0 Å². The van der Waals surface area contributed by atoms with E-state index >= 15 is 0 Å². The summed E-state index contributed by atoms with van der Waals surface area (Å²) in [5, 5.41) is 0.348. The van der Waals surface area contributed by atoms with Crippen molar-refractivity contribution in [3.63, 3.8) is 0 Å². The normalized spacial score (nSPS) is 12.4. The van der Waals surface area contributed by atoms with Gasteiger partial charge in [0, 0.05) is 16.3 Å². The Labute approximate surface area is 116 Å². The highest BCUT2D eigenvalue weighted by Gasteiger charge is 2.13. The van der Waals surface area contributed by atoms with E-state index in [0.717, 1.165) is 6.07 Å². The number of anilines is 1. The van der Waals surface area contributed by atoms with Crippen molar-refractivity contribution in [3.8, 4) is 0 Å². The van der Waals surface area contributed by atoms with Gasteiger partial charge in [-0.3, -0.25) is 4.21 Å². The average Bonchev–Trinajstić information content (AvgIpc) is 2.36. The number of hydrogen-bond acceptors (Lipinski definition) is 2. The van der Waals surface area contributed by atoms with Crippen LogP contribution in [0.3, 0.4) is 0 Å². The van der Waals surface area contributed by atoms with Crippen molar-refractivity contribution >= 4 is 28.1 Å². The molecular formula is C13H10ClF2NOS. The van der Waals surface area contributed by atoms with Crippen LogP contribution in [0.2, 0.25) is 5.02 Å². The van der Waals surface area contributed by atoms with Gasteiger partial charge >= 0.3 is 0 Å². The van der Waals surface area contributed by atoms with E-state index in [0.29, 0.717) is 5.02 Å². The summed E-state index contributed by atoms with van der Waals surface area (Å²) in [7, 11) is -1.64. The third kappa shape index (κ3) is 3.30. The molecule has 0 saturated heterocycles. The predicted molar refractivity (Wildman–Crippen MR) is 72.3 cm³/mol. The van der Waals surface area contributed by atoms with E-state index < -0.39 is 22.4 Å². The van der Waals surface area contributed by atoms with Gasteiger partial charge in [0.15, 0.2) is 0 Å². The van der Waals surface area contributed by atoms with Gasteiger partial charge in [-0.15, -0.1) is 0 Å². The molecule has 0 aliphatic carbocycles. The van der Waals surface area contributed by atoms with Gasteiger partial charge in [0.1, 0.15) is 11.6 Å². The van der Waals surface area contributed by atoms with Gasteiger partial charge in [-0.2, -0.15) is 0 Å². The fraction of sp³-hybridized carbons (Fsp3) is 0.0769. The van der Waals surface area contributed by atoms with Crippen LogP contribution in [0.25, 0.3) is 0 Å². The number of hydrogen-bond donors (Lipinski definition) is 1. The summed E-state index contributed by atoms with van der Waals surface area (Å²) < 4.78 is 38.7. The second kappa shape index (κ2) is 5.67. The molecule has 6 heteroatoms. The maximum Gasteiger partial charge on any atom is 0.127 e. The monoisotopic (exact) mass is 301 g/mol. The van der Waals surface area contributed by atoms with E-state index in [1.165, 1.54) is 30.3 Å². The molecule has 0 aromatic heterocycles. The predicted octanol–water partition coefficient (Wildman–Crippen LogP) is 3.51. The summed E-state index contributed by atoms with van der Waals surface area (Å²) in [4.78, 5) is 0.152. The Balaban J connectivity index is 2.30. The first-order valence-electron chi connectivity index (χ1n) is 5.34. The van der Waals surface area contributed by atoms with Gasteiger partial charge in [0.2, 0.25) is 0 Å². The highest BCUT2D eigenvalue weighted by atomic mass is 35.5. The molecule has 1 atom stereocenters. The molecule has 0 bridgehead atoms. The number of nitrogen functional groups attached to an aromatic ring is 1. The highest BCUT2D eigenvalue weighted by Crippen LogP contribution is 2.23. The Morgan fingerprint density at radius 1 is 1.16 bits per heavy atom. The fourth-order valence-corrected chi connectivity index (χ4v) is 3.01. The zero-order valence-corrected chi connectivity index (χ0v) is 11.3. The molecule has 0 spiro atoms. The maximum atomic E-state index is 13.5. The summed E-state index contributed by atoms with van der Waals surface area (Å²) in [6.07, 6.45) is 0. The smallest absolute Gasteiger partial charge is 0.127 e. The summed E-state index contributed by atoms with van der Waals surface area (Å²) >= 11 is 5.75. The maximum absolute atomic E-state index is 13.5. The van der Waals surface area contributed by atoms with Gasteiger partial charge in [0.25, 0.3) is 0 Å². The van der Waals surface area contributed by atoms with E-state index in [9.17, 15) is 13.0 Å². The SMILES string of the molecule is Nc1ccc(F)cc1S(=O)Cc1cc(Cl)ccc1F. The number of benzene rings is 2. The van der Waals surface area contributed by atoms with E-state index in [4.69, 9.17) is 17.3 Å². The van der Waals surface area contributed by atoms with Gasteiger partial charge < -0.3 is 5.73 Å². The van der Waals surface area contributed by atoms with Gasteiger partial charge in [-0.1, -0.05) is 11.6 Å². The first-order valence-corrected chi connectivity index (χ1v) is 7.04. The molecule has 19 heavy (non-hydrogen) atoms. The minimum absolute atomic E-state index is 0.111. The molecule has 0 heterocycles. The summed E-state index contributed by atoms with van der Waals surface area (Å²) in [6.45, 7) is 0. The molecule has 2 rings (SSSR count). The molecule has 0 radical (unpaired) electrons. The van der Waals surface area contributed by atoms with Crippen molar-refractivity contribution in [2.75, 3.05) is 5.73 Å². The first kappa shape index (κ1) is 14.0. The second-order valence-corrected chi connectivity index (χ2v) is 5.76. The zero-order valence-electron chi connectivity index (χ0n) is 9.70. The molecule has 0 amide bonds. The van der Waals surface area contributed by atoms with Crippen molar-refractivity contribution < 1.29 is 13.0 Å². The van der Waals surface area contributed by atoms with Crippen molar-refractivity contribution in [3.05, 3.63) is 58.6 Å². The third-order valence-electron chi connectivity index (χ3n) is 2.52. The van der Waals surface area contributed by atoms with E-state index in [-0.39, 0.29) is 21.9 Å². The summed E-state index contributed by atoms with van der Waals surface area (Å²) in [5.41, 5.74) is 6.05. The molecule has 2 aromatic rings. The van der Waals surface area contributed by atoms with Crippen LogP contribution in [-0.4, -0.2) is 4.21 Å². The molecule has 1 unspecified atom stereocenters.